The molecule has 0 radical (unpaired) electrons. The van der Waals surface area contributed by atoms with E-state index in [4.69, 9.17) is 5.11 Å². The van der Waals surface area contributed by atoms with Crippen LogP contribution in [0.3, 0.4) is 0 Å². The molecular formula is C15H27FN4OS2. The highest BCUT2D eigenvalue weighted by Crippen LogP contribution is 2.31. The number of nitrogens with zero attached hydrogens (tertiary/aromatic N) is 3. The van der Waals surface area contributed by atoms with Gasteiger partial charge in [0.05, 0.1) is 22.1 Å². The molecule has 1 fully saturated rings. The predicted octanol–water partition coefficient (Wildman–Crippen LogP) is 3.33. The first-order valence-electron chi connectivity index (χ1n) is 7.80. The zero-order valence-electron chi connectivity index (χ0n) is 14.3. The number of hydrazine groups is 1. The van der Waals surface area contributed by atoms with E-state index in [1.807, 2.05) is 18.3 Å². The number of nitrogens with one attached hydrogen (secondary N) is 1. The lowest BCUT2D eigenvalue weighted by molar-refractivity contribution is 0.318. The van der Waals surface area contributed by atoms with E-state index >= 15 is 0 Å². The molecule has 0 bridgehead atoms. The van der Waals surface area contributed by atoms with E-state index in [2.05, 4.69) is 21.4 Å². The largest absolute Gasteiger partial charge is 0.397 e. The summed E-state index contributed by atoms with van der Waals surface area (Å²) in [5, 5.41) is 10.4. The van der Waals surface area contributed by atoms with Crippen LogP contribution in [0.2, 0.25) is 0 Å². The van der Waals surface area contributed by atoms with E-state index in [1.54, 1.807) is 25.6 Å². The highest BCUT2D eigenvalue weighted by atomic mass is 32.2. The maximum atomic E-state index is 13.0. The summed E-state index contributed by atoms with van der Waals surface area (Å²) in [6, 6.07) is 0. The third-order valence-electron chi connectivity index (χ3n) is 3.45. The molecule has 132 valence electrons. The van der Waals surface area contributed by atoms with E-state index in [0.29, 0.717) is 10.7 Å². The highest BCUT2D eigenvalue weighted by Gasteiger charge is 2.24. The molecule has 1 saturated heterocycles. The molecule has 0 atom stereocenters. The Balaban J connectivity index is 0.000000816. The zero-order valence-corrected chi connectivity index (χ0v) is 15.9. The fraction of sp³-hybridized carbons (Fsp3) is 0.667. The molecule has 0 amide bonds. The van der Waals surface area contributed by atoms with Crippen LogP contribution in [-0.4, -0.2) is 53.9 Å². The molecule has 23 heavy (non-hydrogen) atoms. The Morgan fingerprint density at radius 3 is 2.48 bits per heavy atom. The molecule has 0 spiro atoms. The topological polar surface area (TPSA) is 51.1 Å². The van der Waals surface area contributed by atoms with Gasteiger partial charge in [0.1, 0.15) is 5.84 Å². The van der Waals surface area contributed by atoms with Gasteiger partial charge in [-0.2, -0.15) is 3.89 Å². The second-order valence-electron chi connectivity index (χ2n) is 5.04. The van der Waals surface area contributed by atoms with Crippen LogP contribution in [0, 0.1) is 0 Å². The van der Waals surface area contributed by atoms with Crippen LogP contribution in [-0.2, 0) is 0 Å². The van der Waals surface area contributed by atoms with Crippen molar-refractivity contribution in [2.24, 2.45) is 4.99 Å². The van der Waals surface area contributed by atoms with Gasteiger partial charge >= 0.3 is 0 Å². The van der Waals surface area contributed by atoms with Crippen molar-refractivity contribution in [3.63, 3.8) is 0 Å². The number of allylic oxidation sites excluding steroid dienone is 1. The molecular weight excluding hydrogens is 335 g/mol. The molecule has 0 saturated carbocycles. The van der Waals surface area contributed by atoms with Crippen molar-refractivity contribution in [1.82, 2.24) is 15.3 Å². The summed E-state index contributed by atoms with van der Waals surface area (Å²) < 4.78 is 13.0. The van der Waals surface area contributed by atoms with Crippen LogP contribution in [0.5, 0.6) is 0 Å². The molecule has 0 aromatic heterocycles. The first kappa shape index (κ1) is 20.3. The Hall–Kier alpha value is -0.700. The van der Waals surface area contributed by atoms with Crippen LogP contribution >= 0.6 is 23.9 Å². The van der Waals surface area contributed by atoms with Crippen molar-refractivity contribution < 1.29 is 8.99 Å². The van der Waals surface area contributed by atoms with Gasteiger partial charge in [-0.15, -0.1) is 11.8 Å². The van der Waals surface area contributed by atoms with Crippen LogP contribution in [0.15, 0.2) is 26.8 Å². The molecule has 2 N–H and O–H groups in total. The number of thioether (sulfide) groups is 1. The fourth-order valence-corrected chi connectivity index (χ4v) is 3.18. The Morgan fingerprint density at radius 2 is 2.00 bits per heavy atom. The summed E-state index contributed by atoms with van der Waals surface area (Å²) in [5.74, 6) is 1.59. The number of aliphatic hydroxyl groups is 1. The lowest BCUT2D eigenvalue weighted by atomic mass is 10.1. The van der Waals surface area contributed by atoms with E-state index in [-0.39, 0.29) is 18.8 Å². The van der Waals surface area contributed by atoms with Crippen LogP contribution in [0.4, 0.5) is 3.89 Å². The van der Waals surface area contributed by atoms with Gasteiger partial charge in [0.25, 0.3) is 0 Å². The van der Waals surface area contributed by atoms with Gasteiger partial charge in [-0.1, -0.05) is 0 Å². The van der Waals surface area contributed by atoms with Gasteiger partial charge in [-0.25, -0.2) is 10.4 Å². The van der Waals surface area contributed by atoms with Crippen molar-refractivity contribution in [2.75, 3.05) is 33.0 Å². The number of aliphatic imine (C=N–C) groups is 1. The summed E-state index contributed by atoms with van der Waals surface area (Å²) in [6.45, 7) is 5.75. The van der Waals surface area contributed by atoms with E-state index in [1.165, 1.54) is 19.3 Å². The van der Waals surface area contributed by atoms with Gasteiger partial charge in [-0.3, -0.25) is 5.01 Å². The summed E-state index contributed by atoms with van der Waals surface area (Å²) in [7, 11) is 1.82. The van der Waals surface area contributed by atoms with Gasteiger partial charge in [0.2, 0.25) is 0 Å². The molecule has 0 aromatic carbocycles. The fourth-order valence-electron chi connectivity index (χ4n) is 2.39. The normalized spacial score (nSPS) is 20.4. The third-order valence-corrected chi connectivity index (χ3v) is 4.58. The number of rotatable bonds is 3. The minimum Gasteiger partial charge on any atom is -0.397 e. The molecule has 0 aromatic rings. The average molecular weight is 363 g/mol. The van der Waals surface area contributed by atoms with Crippen molar-refractivity contribution in [2.45, 2.75) is 33.1 Å². The number of halogens is 1. The van der Waals surface area contributed by atoms with Crippen molar-refractivity contribution in [1.29, 1.82) is 0 Å². The molecule has 0 aliphatic carbocycles. The van der Waals surface area contributed by atoms with Gasteiger partial charge in [-0.05, 0) is 39.4 Å². The number of aliphatic hydroxyl groups excluding tert-OH is 1. The van der Waals surface area contributed by atoms with Crippen molar-refractivity contribution >= 4 is 29.7 Å². The standard InChI is InChI=1S/C13H21FN4S2.C2H6O/c1-10(20-14)13-16-11(17-7-5-4-6-8-17)9-12(19-3)18(13)15-2;1-2-3/h9,15H,4-8H2,1-3H3;3H,2H2,1H3/b13-10+;. The molecule has 0 unspecified atom stereocenters. The van der Waals surface area contributed by atoms with Crippen LogP contribution < -0.4 is 5.43 Å². The minimum absolute atomic E-state index is 0.248. The first-order chi connectivity index (χ1) is 11.1. The maximum absolute atomic E-state index is 13.0. The third kappa shape index (κ3) is 5.70. The summed E-state index contributed by atoms with van der Waals surface area (Å²) >= 11 is 1.88. The Labute approximate surface area is 147 Å². The van der Waals surface area contributed by atoms with Crippen molar-refractivity contribution in [3.8, 4) is 0 Å². The SMILES string of the molecule is CCO.CNN1C(SC)=CC(N2CCCCC2)=N/C1=C(/C)SF. The molecule has 2 rings (SSSR count). The second-order valence-corrected chi connectivity index (χ2v) is 6.63. The lowest BCUT2D eigenvalue weighted by Crippen LogP contribution is -2.41. The molecule has 2 aliphatic heterocycles. The molecule has 5 nitrogen and oxygen atoms in total. The summed E-state index contributed by atoms with van der Waals surface area (Å²) in [6.07, 6.45) is 7.78. The molecule has 2 heterocycles. The first-order valence-corrected chi connectivity index (χ1v) is 9.74. The van der Waals surface area contributed by atoms with Gasteiger partial charge < -0.3 is 10.0 Å². The minimum atomic E-state index is 0.248. The predicted molar refractivity (Wildman–Crippen MR) is 99.5 cm³/mol. The number of piperidine rings is 1. The van der Waals surface area contributed by atoms with Crippen LogP contribution in [0.25, 0.3) is 0 Å². The summed E-state index contributed by atoms with van der Waals surface area (Å²) in [5.41, 5.74) is 3.07. The number of likely N-dealkylation sites (tertiary alicyclic amines) is 1. The number of hydrogen-bond acceptors (Lipinski definition) is 7. The molecule has 2 aliphatic rings. The second kappa shape index (κ2) is 11.0. The van der Waals surface area contributed by atoms with Crippen molar-refractivity contribution in [3.05, 3.63) is 21.8 Å². The molecule has 8 heteroatoms. The zero-order chi connectivity index (χ0) is 17.2. The highest BCUT2D eigenvalue weighted by molar-refractivity contribution is 8.02. The quantitative estimate of drug-likeness (QED) is 0.803. The Morgan fingerprint density at radius 1 is 1.39 bits per heavy atom. The lowest BCUT2D eigenvalue weighted by Gasteiger charge is -2.34. The maximum Gasteiger partial charge on any atom is 0.162 e. The average Bonchev–Trinajstić information content (AvgIpc) is 2.61. The van der Waals surface area contributed by atoms with Gasteiger partial charge in [0.15, 0.2) is 5.82 Å². The van der Waals surface area contributed by atoms with Gasteiger partial charge in [0, 0.05) is 32.8 Å². The van der Waals surface area contributed by atoms with Crippen LogP contribution in [0.1, 0.15) is 33.1 Å². The smallest absolute Gasteiger partial charge is 0.162 e. The van der Waals surface area contributed by atoms with E-state index in [9.17, 15) is 3.89 Å². The Kier molecular flexibility index (Phi) is 9.69. The number of amidine groups is 1. The summed E-state index contributed by atoms with van der Waals surface area (Å²) in [4.78, 5) is 7.52. The van der Waals surface area contributed by atoms with E-state index in [0.717, 1.165) is 24.0 Å². The van der Waals surface area contributed by atoms with E-state index < -0.39 is 0 Å². The Bertz CT molecular complexity index is 462. The number of hydrogen-bond donors (Lipinski definition) is 2. The monoisotopic (exact) mass is 362 g/mol.